The van der Waals surface area contributed by atoms with Crippen LogP contribution >= 0.6 is 0 Å². The minimum atomic E-state index is -3.50. The Labute approximate surface area is 122 Å². The Bertz CT molecular complexity index is 508. The lowest BCUT2D eigenvalue weighted by Gasteiger charge is -2.12. The zero-order chi connectivity index (χ0) is 15.2. The van der Waals surface area contributed by atoms with Gasteiger partial charge in [-0.3, -0.25) is 0 Å². The molecule has 20 heavy (non-hydrogen) atoms. The van der Waals surface area contributed by atoms with Gasteiger partial charge in [0.15, 0.2) is 0 Å². The highest BCUT2D eigenvalue weighted by Gasteiger charge is 2.20. The molecule has 116 valence electrons. The van der Waals surface area contributed by atoms with Crippen LogP contribution < -0.4 is 4.72 Å². The second kappa shape index (κ2) is 7.81. The maximum atomic E-state index is 12.3. The van der Waals surface area contributed by atoms with Crippen molar-refractivity contribution in [1.82, 2.24) is 9.29 Å². The summed E-state index contributed by atoms with van der Waals surface area (Å²) in [5.41, 5.74) is 0.633. The van der Waals surface area contributed by atoms with Crippen molar-refractivity contribution in [2.75, 3.05) is 0 Å². The van der Waals surface area contributed by atoms with Gasteiger partial charge in [-0.1, -0.05) is 26.7 Å². The van der Waals surface area contributed by atoms with Crippen LogP contribution in [0.25, 0.3) is 0 Å². The minimum Gasteiger partial charge on any atom is -0.390 e. The van der Waals surface area contributed by atoms with Crippen LogP contribution in [0.5, 0.6) is 0 Å². The number of hydrogen-bond donors (Lipinski definition) is 2. The second-order valence-corrected chi connectivity index (χ2v) is 6.90. The number of unbranched alkanes of at least 4 members (excludes halogenated alkanes) is 1. The van der Waals surface area contributed by atoms with Crippen LogP contribution in [-0.2, 0) is 23.2 Å². The molecule has 1 aromatic heterocycles. The van der Waals surface area contributed by atoms with Gasteiger partial charge in [-0.05, 0) is 25.8 Å². The topological polar surface area (TPSA) is 71.3 Å². The summed E-state index contributed by atoms with van der Waals surface area (Å²) in [6.07, 6.45) is 5.37. The van der Waals surface area contributed by atoms with Crippen LogP contribution in [0.2, 0.25) is 0 Å². The number of aliphatic hydroxyl groups is 1. The van der Waals surface area contributed by atoms with Gasteiger partial charge in [0.05, 0.1) is 11.5 Å². The lowest BCUT2D eigenvalue weighted by Crippen LogP contribution is -2.32. The molecule has 0 bridgehead atoms. The van der Waals surface area contributed by atoms with E-state index in [1.807, 2.05) is 13.8 Å². The lowest BCUT2D eigenvalue weighted by atomic mass is 10.2. The molecule has 0 spiro atoms. The molecule has 6 heteroatoms. The molecule has 0 amide bonds. The maximum absolute atomic E-state index is 12.3. The van der Waals surface area contributed by atoms with Crippen molar-refractivity contribution >= 4 is 10.0 Å². The predicted molar refractivity (Wildman–Crippen MR) is 80.0 cm³/mol. The number of hydrogen-bond acceptors (Lipinski definition) is 3. The average Bonchev–Trinajstić information content (AvgIpc) is 2.80. The van der Waals surface area contributed by atoms with E-state index in [0.717, 1.165) is 25.7 Å². The molecule has 0 aliphatic rings. The molecule has 0 fully saturated rings. The Morgan fingerprint density at radius 2 is 2.05 bits per heavy atom. The first-order valence-electron chi connectivity index (χ1n) is 7.26. The highest BCUT2D eigenvalue weighted by atomic mass is 32.2. The Kier molecular flexibility index (Phi) is 6.71. The number of aliphatic hydroxyl groups excluding tert-OH is 1. The molecule has 0 radical (unpaired) electrons. The van der Waals surface area contributed by atoms with Crippen LogP contribution in [0.4, 0.5) is 0 Å². The van der Waals surface area contributed by atoms with E-state index in [1.54, 1.807) is 16.8 Å². The van der Waals surface area contributed by atoms with Crippen LogP contribution in [0.3, 0.4) is 0 Å². The summed E-state index contributed by atoms with van der Waals surface area (Å²) in [5.74, 6) is 0. The van der Waals surface area contributed by atoms with Crippen molar-refractivity contribution in [3.8, 4) is 0 Å². The minimum absolute atomic E-state index is 0.0768. The third-order valence-corrected chi connectivity index (χ3v) is 4.80. The SMILES string of the molecule is CCCCC(C)NS(=O)(=O)c1cc(CO)n(CCC)c1. The van der Waals surface area contributed by atoms with E-state index in [2.05, 4.69) is 11.6 Å². The lowest BCUT2D eigenvalue weighted by molar-refractivity contribution is 0.270. The Balaban J connectivity index is 2.86. The quantitative estimate of drug-likeness (QED) is 0.735. The molecule has 0 aromatic carbocycles. The number of nitrogens with one attached hydrogen (secondary N) is 1. The summed E-state index contributed by atoms with van der Waals surface area (Å²) in [6, 6.07) is 1.47. The molecule has 0 saturated heterocycles. The summed E-state index contributed by atoms with van der Waals surface area (Å²) < 4.78 is 29.1. The van der Waals surface area contributed by atoms with Gasteiger partial charge >= 0.3 is 0 Å². The van der Waals surface area contributed by atoms with Gasteiger partial charge in [-0.2, -0.15) is 0 Å². The number of aromatic nitrogens is 1. The van der Waals surface area contributed by atoms with E-state index in [0.29, 0.717) is 12.2 Å². The summed E-state index contributed by atoms with van der Waals surface area (Å²) in [6.45, 7) is 6.53. The zero-order valence-corrected chi connectivity index (χ0v) is 13.4. The van der Waals surface area contributed by atoms with Crippen molar-refractivity contribution in [2.45, 2.75) is 70.5 Å². The molecular weight excluding hydrogens is 276 g/mol. The van der Waals surface area contributed by atoms with Crippen LogP contribution in [0.15, 0.2) is 17.2 Å². The van der Waals surface area contributed by atoms with Crippen LogP contribution in [0, 0.1) is 0 Å². The van der Waals surface area contributed by atoms with E-state index in [9.17, 15) is 13.5 Å². The summed E-state index contributed by atoms with van der Waals surface area (Å²) in [5, 5.41) is 9.29. The standard InChI is InChI=1S/C14H26N2O3S/c1-4-6-7-12(3)15-20(18,19)14-9-13(11-17)16(10-14)8-5-2/h9-10,12,15,17H,4-8,11H2,1-3H3. The first-order chi connectivity index (χ1) is 9.44. The highest BCUT2D eigenvalue weighted by molar-refractivity contribution is 7.89. The molecule has 5 nitrogen and oxygen atoms in total. The number of aryl methyl sites for hydroxylation is 1. The van der Waals surface area contributed by atoms with Gasteiger partial charge in [0, 0.05) is 24.5 Å². The second-order valence-electron chi connectivity index (χ2n) is 5.18. The molecule has 0 aliphatic heterocycles. The third kappa shape index (κ3) is 4.61. The largest absolute Gasteiger partial charge is 0.390 e. The smallest absolute Gasteiger partial charge is 0.242 e. The van der Waals surface area contributed by atoms with Crippen molar-refractivity contribution in [3.63, 3.8) is 0 Å². The van der Waals surface area contributed by atoms with Crippen molar-refractivity contribution in [3.05, 3.63) is 18.0 Å². The fraction of sp³-hybridized carbons (Fsp3) is 0.714. The summed E-state index contributed by atoms with van der Waals surface area (Å²) in [4.78, 5) is 0.235. The summed E-state index contributed by atoms with van der Waals surface area (Å²) in [7, 11) is -3.50. The molecule has 2 N–H and O–H groups in total. The molecule has 1 heterocycles. The predicted octanol–water partition coefficient (Wildman–Crippen LogP) is 2.25. The first-order valence-corrected chi connectivity index (χ1v) is 8.75. The van der Waals surface area contributed by atoms with Gasteiger partial charge in [0.2, 0.25) is 10.0 Å². The van der Waals surface area contributed by atoms with Crippen LogP contribution in [0.1, 0.15) is 52.1 Å². The zero-order valence-electron chi connectivity index (χ0n) is 12.6. The molecule has 1 atom stereocenters. The Hall–Kier alpha value is -0.850. The van der Waals surface area contributed by atoms with Crippen molar-refractivity contribution in [1.29, 1.82) is 0 Å². The summed E-state index contributed by atoms with van der Waals surface area (Å²) >= 11 is 0. The monoisotopic (exact) mass is 302 g/mol. The fourth-order valence-corrected chi connectivity index (χ4v) is 3.50. The molecule has 0 aliphatic carbocycles. The number of nitrogens with zero attached hydrogens (tertiary/aromatic N) is 1. The molecule has 1 unspecified atom stereocenters. The van der Waals surface area contributed by atoms with E-state index in [1.165, 1.54) is 0 Å². The van der Waals surface area contributed by atoms with E-state index >= 15 is 0 Å². The first kappa shape index (κ1) is 17.2. The van der Waals surface area contributed by atoms with Crippen LogP contribution in [-0.4, -0.2) is 24.1 Å². The maximum Gasteiger partial charge on any atom is 0.242 e. The van der Waals surface area contributed by atoms with Gasteiger partial charge in [-0.15, -0.1) is 0 Å². The highest BCUT2D eigenvalue weighted by Crippen LogP contribution is 2.16. The van der Waals surface area contributed by atoms with Crippen molar-refractivity contribution < 1.29 is 13.5 Å². The normalized spacial score (nSPS) is 13.6. The molecular formula is C14H26N2O3S. The van der Waals surface area contributed by atoms with Gasteiger partial charge in [0.1, 0.15) is 0 Å². The van der Waals surface area contributed by atoms with E-state index in [4.69, 9.17) is 0 Å². The number of rotatable bonds is 9. The van der Waals surface area contributed by atoms with Gasteiger partial charge < -0.3 is 9.67 Å². The molecule has 1 aromatic rings. The molecule has 1 rings (SSSR count). The Morgan fingerprint density at radius 3 is 2.60 bits per heavy atom. The van der Waals surface area contributed by atoms with Crippen molar-refractivity contribution in [2.24, 2.45) is 0 Å². The van der Waals surface area contributed by atoms with Gasteiger partial charge in [-0.25, -0.2) is 13.1 Å². The Morgan fingerprint density at radius 1 is 1.35 bits per heavy atom. The fourth-order valence-electron chi connectivity index (χ4n) is 2.16. The average molecular weight is 302 g/mol. The third-order valence-electron chi connectivity index (χ3n) is 3.24. The molecule has 0 saturated carbocycles. The van der Waals surface area contributed by atoms with E-state index < -0.39 is 10.0 Å². The number of sulfonamides is 1. The van der Waals surface area contributed by atoms with Gasteiger partial charge in [0.25, 0.3) is 0 Å². The van der Waals surface area contributed by atoms with E-state index in [-0.39, 0.29) is 17.5 Å².